The second kappa shape index (κ2) is 6.60. The molecule has 0 radical (unpaired) electrons. The van der Waals surface area contributed by atoms with Crippen LogP contribution in [0, 0.1) is 0 Å². The second-order valence-corrected chi connectivity index (χ2v) is 6.76. The van der Waals surface area contributed by atoms with E-state index in [1.807, 2.05) is 6.07 Å². The van der Waals surface area contributed by atoms with Crippen molar-refractivity contribution in [2.24, 2.45) is 0 Å². The smallest absolute Gasteiger partial charge is 0.339 e. The third-order valence-electron chi connectivity index (χ3n) is 4.97. The van der Waals surface area contributed by atoms with E-state index < -0.39 is 0 Å². The van der Waals surface area contributed by atoms with Gasteiger partial charge in [0.2, 0.25) is 6.79 Å². The molecule has 0 spiro atoms. The van der Waals surface area contributed by atoms with Crippen LogP contribution in [0.5, 0.6) is 17.2 Å². The van der Waals surface area contributed by atoms with Gasteiger partial charge in [-0.05, 0) is 49.1 Å². The van der Waals surface area contributed by atoms with Gasteiger partial charge in [-0.1, -0.05) is 0 Å². The summed E-state index contributed by atoms with van der Waals surface area (Å²) in [6.07, 6.45) is 2.62. The molecule has 142 valence electrons. The lowest BCUT2D eigenvalue weighted by Gasteiger charge is -2.09. The van der Waals surface area contributed by atoms with Crippen molar-refractivity contribution in [1.82, 2.24) is 0 Å². The minimum absolute atomic E-state index is 0.172. The molecule has 2 aromatic carbocycles. The van der Waals surface area contributed by atoms with Crippen LogP contribution in [0.15, 0.2) is 45.6 Å². The predicted molar refractivity (Wildman–Crippen MR) is 101 cm³/mol. The molecule has 1 aromatic heterocycles. The van der Waals surface area contributed by atoms with Crippen molar-refractivity contribution in [3.63, 3.8) is 0 Å². The molecule has 5 rings (SSSR count). The molecule has 2 aliphatic rings. The monoisotopic (exact) mass is 379 g/mol. The Morgan fingerprint density at radius 1 is 1.04 bits per heavy atom. The summed E-state index contributed by atoms with van der Waals surface area (Å²) in [6, 6.07) is 10.5. The number of fused-ring (bicyclic) bond motifs is 4. The lowest BCUT2D eigenvalue weighted by Crippen LogP contribution is -2.20. The number of ether oxygens (including phenoxy) is 3. The summed E-state index contributed by atoms with van der Waals surface area (Å²) in [6.45, 7) is 0.00621. The Balaban J connectivity index is 1.28. The van der Waals surface area contributed by atoms with E-state index in [1.54, 1.807) is 30.3 Å². The van der Waals surface area contributed by atoms with Crippen molar-refractivity contribution in [3.05, 3.63) is 57.9 Å². The lowest BCUT2D eigenvalue weighted by atomic mass is 10.1. The molecule has 0 saturated carbocycles. The minimum atomic E-state index is -0.311. The number of amides is 1. The third-order valence-corrected chi connectivity index (χ3v) is 4.97. The van der Waals surface area contributed by atoms with Gasteiger partial charge in [0.1, 0.15) is 11.3 Å². The molecule has 0 saturated heterocycles. The number of anilines is 1. The Morgan fingerprint density at radius 3 is 2.82 bits per heavy atom. The Kier molecular flexibility index (Phi) is 3.93. The summed E-state index contributed by atoms with van der Waals surface area (Å²) in [7, 11) is 0. The van der Waals surface area contributed by atoms with Crippen LogP contribution in [0.4, 0.5) is 5.69 Å². The number of aryl methyl sites for hydroxylation is 1. The zero-order chi connectivity index (χ0) is 19.1. The summed E-state index contributed by atoms with van der Waals surface area (Å²) >= 11 is 0. The van der Waals surface area contributed by atoms with Crippen molar-refractivity contribution < 1.29 is 23.4 Å². The van der Waals surface area contributed by atoms with Crippen LogP contribution in [-0.2, 0) is 17.6 Å². The molecule has 1 amide bonds. The van der Waals surface area contributed by atoms with E-state index in [9.17, 15) is 9.59 Å². The Hall–Kier alpha value is -3.48. The molecule has 0 atom stereocenters. The van der Waals surface area contributed by atoms with E-state index in [4.69, 9.17) is 18.6 Å². The summed E-state index contributed by atoms with van der Waals surface area (Å²) < 4.78 is 21.5. The van der Waals surface area contributed by atoms with Crippen LogP contribution in [0.3, 0.4) is 0 Å². The van der Waals surface area contributed by atoms with Crippen molar-refractivity contribution in [2.75, 3.05) is 18.7 Å². The number of hydrogen-bond donors (Lipinski definition) is 1. The zero-order valence-electron chi connectivity index (χ0n) is 14.9. The average Bonchev–Trinajstić information content (AvgIpc) is 3.35. The summed E-state index contributed by atoms with van der Waals surface area (Å²) in [5.74, 6) is 1.40. The average molecular weight is 379 g/mol. The maximum atomic E-state index is 12.2. The predicted octanol–water partition coefficient (Wildman–Crippen LogP) is 3.03. The second-order valence-electron chi connectivity index (χ2n) is 6.76. The van der Waals surface area contributed by atoms with Crippen LogP contribution in [0.2, 0.25) is 0 Å². The number of hydrogen-bond acceptors (Lipinski definition) is 6. The maximum absolute atomic E-state index is 12.2. The highest BCUT2D eigenvalue weighted by Crippen LogP contribution is 2.34. The molecule has 1 aliphatic heterocycles. The molecule has 0 fully saturated rings. The van der Waals surface area contributed by atoms with E-state index in [-0.39, 0.29) is 24.9 Å². The maximum Gasteiger partial charge on any atom is 0.339 e. The van der Waals surface area contributed by atoms with Crippen LogP contribution >= 0.6 is 0 Å². The number of carbonyl (C=O) groups is 1. The first-order chi connectivity index (χ1) is 13.7. The molecule has 2 heterocycles. The molecule has 0 bridgehead atoms. The van der Waals surface area contributed by atoms with Gasteiger partial charge in [0, 0.05) is 28.8 Å². The molecule has 0 unspecified atom stereocenters. The van der Waals surface area contributed by atoms with E-state index in [1.165, 1.54) is 0 Å². The summed E-state index contributed by atoms with van der Waals surface area (Å²) in [4.78, 5) is 24.3. The minimum Gasteiger partial charge on any atom is -0.484 e. The van der Waals surface area contributed by atoms with Gasteiger partial charge in [-0.3, -0.25) is 4.79 Å². The Bertz CT molecular complexity index is 1150. The van der Waals surface area contributed by atoms with Gasteiger partial charge in [-0.2, -0.15) is 0 Å². The Morgan fingerprint density at radius 2 is 1.89 bits per heavy atom. The number of nitrogens with one attached hydrogen (secondary N) is 1. The van der Waals surface area contributed by atoms with Crippen molar-refractivity contribution in [2.45, 2.75) is 19.3 Å². The van der Waals surface area contributed by atoms with Gasteiger partial charge in [0.05, 0.1) is 0 Å². The van der Waals surface area contributed by atoms with Crippen LogP contribution in [0.25, 0.3) is 11.0 Å². The quantitative estimate of drug-likeness (QED) is 0.701. The van der Waals surface area contributed by atoms with Crippen molar-refractivity contribution in [3.8, 4) is 17.2 Å². The lowest BCUT2D eigenvalue weighted by molar-refractivity contribution is -0.118. The standard InChI is InChI=1S/C21H17NO6/c23-20(22-12-4-7-17-19(8-12)27-11-26-17)10-25-13-5-6-15-14-2-1-3-16(14)21(24)28-18(15)9-13/h4-9H,1-3,10-11H2,(H,22,23). The van der Waals surface area contributed by atoms with Crippen LogP contribution < -0.4 is 25.2 Å². The van der Waals surface area contributed by atoms with Gasteiger partial charge < -0.3 is 23.9 Å². The highest BCUT2D eigenvalue weighted by atomic mass is 16.7. The first-order valence-corrected chi connectivity index (χ1v) is 9.08. The number of carbonyl (C=O) groups excluding carboxylic acids is 1. The van der Waals surface area contributed by atoms with Crippen LogP contribution in [0.1, 0.15) is 17.5 Å². The molecule has 28 heavy (non-hydrogen) atoms. The van der Waals surface area contributed by atoms with Crippen molar-refractivity contribution >= 4 is 22.6 Å². The molecule has 3 aromatic rings. The SMILES string of the molecule is O=C(COc1ccc2c3c(c(=O)oc2c1)CCC3)Nc1ccc2c(c1)OCO2. The fourth-order valence-electron chi connectivity index (χ4n) is 3.67. The Labute approximate surface area is 159 Å². The third kappa shape index (κ3) is 2.94. The fraction of sp³-hybridized carbons (Fsp3) is 0.238. The summed E-state index contributed by atoms with van der Waals surface area (Å²) in [5.41, 5.74) is 2.65. The molecular formula is C21H17NO6. The largest absolute Gasteiger partial charge is 0.484 e. The van der Waals surface area contributed by atoms with Gasteiger partial charge in [-0.25, -0.2) is 4.79 Å². The topological polar surface area (TPSA) is 87.0 Å². The normalized spacial score (nSPS) is 14.1. The van der Waals surface area contributed by atoms with Gasteiger partial charge in [0.25, 0.3) is 5.91 Å². The van der Waals surface area contributed by atoms with E-state index in [2.05, 4.69) is 5.32 Å². The highest BCUT2D eigenvalue weighted by Gasteiger charge is 2.20. The van der Waals surface area contributed by atoms with Crippen molar-refractivity contribution in [1.29, 1.82) is 0 Å². The van der Waals surface area contributed by atoms with Gasteiger partial charge in [0.15, 0.2) is 18.1 Å². The van der Waals surface area contributed by atoms with Gasteiger partial charge in [-0.15, -0.1) is 0 Å². The zero-order valence-corrected chi connectivity index (χ0v) is 14.9. The number of rotatable bonds is 4. The molecular weight excluding hydrogens is 362 g/mol. The van der Waals surface area contributed by atoms with E-state index in [0.29, 0.717) is 28.5 Å². The molecule has 7 nitrogen and oxygen atoms in total. The van der Waals surface area contributed by atoms with E-state index in [0.717, 1.165) is 35.8 Å². The van der Waals surface area contributed by atoms with Gasteiger partial charge >= 0.3 is 5.63 Å². The van der Waals surface area contributed by atoms with Crippen LogP contribution in [-0.4, -0.2) is 19.3 Å². The van der Waals surface area contributed by atoms with E-state index >= 15 is 0 Å². The molecule has 7 heteroatoms. The highest BCUT2D eigenvalue weighted by molar-refractivity contribution is 5.92. The molecule has 1 N–H and O–H groups in total. The first-order valence-electron chi connectivity index (χ1n) is 9.08. The molecule has 1 aliphatic carbocycles. The first kappa shape index (κ1) is 16.7. The number of benzene rings is 2. The summed E-state index contributed by atoms with van der Waals surface area (Å²) in [5, 5.41) is 3.68. The fourth-order valence-corrected chi connectivity index (χ4v) is 3.67.